The van der Waals surface area contributed by atoms with Crippen LogP contribution in [0.2, 0.25) is 0 Å². The number of imide groups is 1. The van der Waals surface area contributed by atoms with Gasteiger partial charge in [-0.15, -0.1) is 0 Å². The summed E-state index contributed by atoms with van der Waals surface area (Å²) in [5.41, 5.74) is 1.98. The summed E-state index contributed by atoms with van der Waals surface area (Å²) >= 11 is 0. The van der Waals surface area contributed by atoms with Crippen molar-refractivity contribution in [1.82, 2.24) is 4.90 Å². The van der Waals surface area contributed by atoms with Gasteiger partial charge in [0.15, 0.2) is 0 Å². The molecule has 2 atom stereocenters. The van der Waals surface area contributed by atoms with Gasteiger partial charge in [0.2, 0.25) is 5.91 Å². The Morgan fingerprint density at radius 3 is 2.39 bits per heavy atom. The molecule has 1 aliphatic heterocycles. The molecular formula is C22H23NO5. The molecule has 28 heavy (non-hydrogen) atoms. The van der Waals surface area contributed by atoms with E-state index in [1.807, 2.05) is 60.7 Å². The average molecular weight is 381 g/mol. The van der Waals surface area contributed by atoms with E-state index in [1.54, 1.807) is 0 Å². The number of aldehydes is 1. The van der Waals surface area contributed by atoms with Crippen molar-refractivity contribution in [2.75, 3.05) is 13.2 Å². The molecule has 2 amide bonds. The zero-order valence-corrected chi connectivity index (χ0v) is 15.5. The quantitative estimate of drug-likeness (QED) is 0.625. The highest BCUT2D eigenvalue weighted by Crippen LogP contribution is 2.21. The Morgan fingerprint density at radius 1 is 1.11 bits per heavy atom. The number of carbonyl (C=O) groups excluding carboxylic acids is 3. The molecule has 0 radical (unpaired) electrons. The minimum Gasteiger partial charge on any atom is -0.447 e. The molecule has 6 nitrogen and oxygen atoms in total. The maximum Gasteiger partial charge on any atom is 0.416 e. The first-order valence-electron chi connectivity index (χ1n) is 9.28. The van der Waals surface area contributed by atoms with Crippen LogP contribution in [0.1, 0.15) is 17.5 Å². The molecule has 1 saturated heterocycles. The third-order valence-electron chi connectivity index (χ3n) is 4.67. The summed E-state index contributed by atoms with van der Waals surface area (Å²) < 4.78 is 10.8. The third kappa shape index (κ3) is 5.04. The van der Waals surface area contributed by atoms with E-state index in [0.717, 1.165) is 16.0 Å². The van der Waals surface area contributed by atoms with Crippen LogP contribution >= 0.6 is 0 Å². The van der Waals surface area contributed by atoms with Crippen LogP contribution in [0.25, 0.3) is 0 Å². The van der Waals surface area contributed by atoms with Crippen molar-refractivity contribution in [2.24, 2.45) is 5.92 Å². The van der Waals surface area contributed by atoms with Crippen molar-refractivity contribution < 1.29 is 23.9 Å². The lowest BCUT2D eigenvalue weighted by molar-refractivity contribution is -0.137. The minimum atomic E-state index is -0.717. The number of rotatable bonds is 9. The summed E-state index contributed by atoms with van der Waals surface area (Å²) in [6.07, 6.45) is 0.527. The summed E-state index contributed by atoms with van der Waals surface area (Å²) in [6.45, 7) is 0.549. The Labute approximate surface area is 164 Å². The Kier molecular flexibility index (Phi) is 6.92. The molecule has 146 valence electrons. The molecule has 0 aliphatic carbocycles. The smallest absolute Gasteiger partial charge is 0.416 e. The van der Waals surface area contributed by atoms with Crippen molar-refractivity contribution in [2.45, 2.75) is 25.5 Å². The molecule has 1 aliphatic rings. The van der Waals surface area contributed by atoms with Crippen LogP contribution in [0, 0.1) is 5.92 Å². The van der Waals surface area contributed by atoms with Crippen molar-refractivity contribution in [3.63, 3.8) is 0 Å². The minimum absolute atomic E-state index is 0.00450. The normalized spacial score (nSPS) is 17.2. The highest BCUT2D eigenvalue weighted by molar-refractivity contribution is 5.95. The van der Waals surface area contributed by atoms with E-state index in [1.165, 1.54) is 0 Å². The fourth-order valence-corrected chi connectivity index (χ4v) is 3.21. The van der Waals surface area contributed by atoms with Gasteiger partial charge < -0.3 is 14.3 Å². The van der Waals surface area contributed by atoms with Crippen molar-refractivity contribution in [3.05, 3.63) is 71.8 Å². The Bertz CT molecular complexity index is 793. The van der Waals surface area contributed by atoms with Crippen LogP contribution in [-0.4, -0.2) is 42.4 Å². The molecule has 2 aromatic carbocycles. The SMILES string of the molecule is O=CC[C@@H](COCc1ccccc1)C(=O)N1C(=O)OC[C@H]1Cc1ccccc1. The fourth-order valence-electron chi connectivity index (χ4n) is 3.21. The number of cyclic esters (lactones) is 1. The predicted molar refractivity (Wildman–Crippen MR) is 102 cm³/mol. The second-order valence-electron chi connectivity index (χ2n) is 6.73. The number of carbonyl (C=O) groups is 3. The van der Waals surface area contributed by atoms with E-state index in [-0.39, 0.29) is 25.7 Å². The Morgan fingerprint density at radius 2 is 1.75 bits per heavy atom. The lowest BCUT2D eigenvalue weighted by Crippen LogP contribution is -2.44. The van der Waals surface area contributed by atoms with E-state index in [2.05, 4.69) is 0 Å². The van der Waals surface area contributed by atoms with Gasteiger partial charge in [0.25, 0.3) is 0 Å². The second-order valence-corrected chi connectivity index (χ2v) is 6.73. The number of hydrogen-bond donors (Lipinski definition) is 0. The molecule has 0 bridgehead atoms. The molecule has 0 aromatic heterocycles. The van der Waals surface area contributed by atoms with E-state index in [0.29, 0.717) is 19.3 Å². The van der Waals surface area contributed by atoms with Gasteiger partial charge in [0.1, 0.15) is 12.9 Å². The molecular weight excluding hydrogens is 358 g/mol. The van der Waals surface area contributed by atoms with Gasteiger partial charge in [-0.2, -0.15) is 0 Å². The van der Waals surface area contributed by atoms with E-state index in [9.17, 15) is 14.4 Å². The van der Waals surface area contributed by atoms with Crippen LogP contribution in [0.5, 0.6) is 0 Å². The molecule has 3 rings (SSSR count). The van der Waals surface area contributed by atoms with Crippen molar-refractivity contribution >= 4 is 18.3 Å². The van der Waals surface area contributed by atoms with E-state index < -0.39 is 17.9 Å². The predicted octanol–water partition coefficient (Wildman–Crippen LogP) is 3.00. The largest absolute Gasteiger partial charge is 0.447 e. The molecule has 2 aromatic rings. The second kappa shape index (κ2) is 9.80. The monoisotopic (exact) mass is 381 g/mol. The lowest BCUT2D eigenvalue weighted by atomic mass is 10.0. The van der Waals surface area contributed by atoms with Gasteiger partial charge >= 0.3 is 6.09 Å². The first-order valence-corrected chi connectivity index (χ1v) is 9.28. The average Bonchev–Trinajstić information content (AvgIpc) is 3.08. The van der Waals surface area contributed by atoms with Gasteiger partial charge in [-0.25, -0.2) is 9.69 Å². The molecule has 0 spiro atoms. The molecule has 0 unspecified atom stereocenters. The van der Waals surface area contributed by atoms with Crippen LogP contribution in [-0.2, 0) is 32.1 Å². The molecule has 0 N–H and O–H groups in total. The number of nitrogens with zero attached hydrogens (tertiary/aromatic N) is 1. The van der Waals surface area contributed by atoms with E-state index in [4.69, 9.17) is 9.47 Å². The molecule has 1 fully saturated rings. The Hall–Kier alpha value is -2.99. The molecule has 0 saturated carbocycles. The highest BCUT2D eigenvalue weighted by Gasteiger charge is 2.40. The lowest BCUT2D eigenvalue weighted by Gasteiger charge is -2.24. The maximum atomic E-state index is 13.0. The zero-order chi connectivity index (χ0) is 19.8. The zero-order valence-electron chi connectivity index (χ0n) is 15.5. The van der Waals surface area contributed by atoms with Gasteiger partial charge in [-0.05, 0) is 17.5 Å². The fraction of sp³-hybridized carbons (Fsp3) is 0.318. The van der Waals surface area contributed by atoms with E-state index >= 15 is 0 Å². The summed E-state index contributed by atoms with van der Waals surface area (Å²) in [5.74, 6) is -1.14. The van der Waals surface area contributed by atoms with Crippen LogP contribution in [0.3, 0.4) is 0 Å². The number of hydrogen-bond acceptors (Lipinski definition) is 5. The first kappa shape index (κ1) is 19.8. The van der Waals surface area contributed by atoms with Crippen LogP contribution in [0.15, 0.2) is 60.7 Å². The first-order chi connectivity index (χ1) is 13.7. The summed E-state index contributed by atoms with van der Waals surface area (Å²) in [5, 5.41) is 0. The topological polar surface area (TPSA) is 72.9 Å². The van der Waals surface area contributed by atoms with Crippen LogP contribution < -0.4 is 0 Å². The van der Waals surface area contributed by atoms with Gasteiger partial charge in [-0.3, -0.25) is 4.79 Å². The van der Waals surface area contributed by atoms with Gasteiger partial charge in [0.05, 0.1) is 25.2 Å². The molecule has 1 heterocycles. The Balaban J connectivity index is 1.64. The van der Waals surface area contributed by atoms with Crippen LogP contribution in [0.4, 0.5) is 4.79 Å². The van der Waals surface area contributed by atoms with Gasteiger partial charge in [0, 0.05) is 6.42 Å². The van der Waals surface area contributed by atoms with Gasteiger partial charge in [-0.1, -0.05) is 60.7 Å². The number of amides is 2. The van der Waals surface area contributed by atoms with Crippen molar-refractivity contribution in [1.29, 1.82) is 0 Å². The number of ether oxygens (including phenoxy) is 2. The summed E-state index contributed by atoms with van der Waals surface area (Å²) in [7, 11) is 0. The summed E-state index contributed by atoms with van der Waals surface area (Å²) in [6, 6.07) is 18.8. The standard InChI is InChI=1S/C22H23NO5/c24-12-11-19(15-27-14-18-9-5-2-6-10-18)21(25)23-20(16-28-22(23)26)13-17-7-3-1-4-8-17/h1-10,12,19-20H,11,13-16H2/t19-,20+/m0/s1. The molecule has 6 heteroatoms. The highest BCUT2D eigenvalue weighted by atomic mass is 16.6. The third-order valence-corrected chi connectivity index (χ3v) is 4.67. The van der Waals surface area contributed by atoms with Crippen molar-refractivity contribution in [3.8, 4) is 0 Å². The number of benzene rings is 2. The summed E-state index contributed by atoms with van der Waals surface area (Å²) in [4.78, 5) is 37.4. The maximum absolute atomic E-state index is 13.0.